The van der Waals surface area contributed by atoms with Crippen molar-refractivity contribution in [3.8, 4) is 5.75 Å². The highest BCUT2D eigenvalue weighted by atomic mass is 16.5. The van der Waals surface area contributed by atoms with E-state index in [0.29, 0.717) is 13.2 Å². The Hall–Kier alpha value is -1.28. The van der Waals surface area contributed by atoms with E-state index in [9.17, 15) is 0 Å². The molecule has 0 aliphatic heterocycles. The molecule has 0 bridgehead atoms. The Labute approximate surface area is 111 Å². The Kier molecular flexibility index (Phi) is 5.42. The van der Waals surface area contributed by atoms with Crippen LogP contribution in [0.3, 0.4) is 0 Å². The van der Waals surface area contributed by atoms with Crippen molar-refractivity contribution in [2.24, 2.45) is 5.41 Å². The molecule has 0 saturated carbocycles. The van der Waals surface area contributed by atoms with Crippen LogP contribution in [0.25, 0.3) is 5.57 Å². The highest BCUT2D eigenvalue weighted by molar-refractivity contribution is 5.61. The van der Waals surface area contributed by atoms with Gasteiger partial charge in [0.2, 0.25) is 0 Å². The summed E-state index contributed by atoms with van der Waals surface area (Å²) < 4.78 is 11.2. The quantitative estimate of drug-likeness (QED) is 0.721. The Morgan fingerprint density at radius 1 is 1.17 bits per heavy atom. The SMILES string of the molecule is C=C(C)c1ccc(OCC(C)(C)COCC)cc1. The molecule has 0 spiro atoms. The molecule has 0 fully saturated rings. The summed E-state index contributed by atoms with van der Waals surface area (Å²) in [5.41, 5.74) is 2.25. The van der Waals surface area contributed by atoms with Gasteiger partial charge in [-0.15, -0.1) is 0 Å². The predicted octanol–water partition coefficient (Wildman–Crippen LogP) is 4.16. The molecule has 0 atom stereocenters. The van der Waals surface area contributed by atoms with Crippen LogP contribution < -0.4 is 4.74 Å². The number of hydrogen-bond donors (Lipinski definition) is 0. The van der Waals surface area contributed by atoms with E-state index in [1.54, 1.807) is 0 Å². The fourth-order valence-corrected chi connectivity index (χ4v) is 1.53. The number of ether oxygens (including phenoxy) is 2. The maximum Gasteiger partial charge on any atom is 0.119 e. The molecule has 0 aromatic heterocycles. The predicted molar refractivity (Wildman–Crippen MR) is 76.9 cm³/mol. The van der Waals surface area contributed by atoms with Crippen molar-refractivity contribution in [1.82, 2.24) is 0 Å². The van der Waals surface area contributed by atoms with E-state index in [0.717, 1.165) is 23.5 Å². The van der Waals surface area contributed by atoms with Crippen molar-refractivity contribution in [1.29, 1.82) is 0 Å². The van der Waals surface area contributed by atoms with Crippen molar-refractivity contribution in [3.05, 3.63) is 36.4 Å². The van der Waals surface area contributed by atoms with Gasteiger partial charge in [0.25, 0.3) is 0 Å². The molecular formula is C16H24O2. The van der Waals surface area contributed by atoms with E-state index in [1.807, 2.05) is 38.1 Å². The van der Waals surface area contributed by atoms with Gasteiger partial charge >= 0.3 is 0 Å². The smallest absolute Gasteiger partial charge is 0.119 e. The van der Waals surface area contributed by atoms with E-state index in [4.69, 9.17) is 9.47 Å². The van der Waals surface area contributed by atoms with Crippen molar-refractivity contribution in [2.75, 3.05) is 19.8 Å². The molecule has 0 unspecified atom stereocenters. The third-order valence-corrected chi connectivity index (χ3v) is 2.67. The van der Waals surface area contributed by atoms with Gasteiger partial charge in [0, 0.05) is 12.0 Å². The first-order valence-corrected chi connectivity index (χ1v) is 6.41. The van der Waals surface area contributed by atoms with Gasteiger partial charge in [-0.25, -0.2) is 0 Å². The van der Waals surface area contributed by atoms with Crippen LogP contribution in [0.4, 0.5) is 0 Å². The van der Waals surface area contributed by atoms with Crippen LogP contribution in [0.15, 0.2) is 30.8 Å². The molecule has 0 saturated heterocycles. The van der Waals surface area contributed by atoms with Crippen LogP contribution in [-0.4, -0.2) is 19.8 Å². The lowest BCUT2D eigenvalue weighted by molar-refractivity contribution is 0.0409. The molecule has 1 aromatic carbocycles. The average Bonchev–Trinajstić information content (AvgIpc) is 2.35. The first-order valence-electron chi connectivity index (χ1n) is 6.41. The lowest BCUT2D eigenvalue weighted by Gasteiger charge is -2.24. The minimum Gasteiger partial charge on any atom is -0.493 e. The van der Waals surface area contributed by atoms with Gasteiger partial charge in [-0.3, -0.25) is 0 Å². The highest BCUT2D eigenvalue weighted by Gasteiger charge is 2.19. The molecule has 0 aliphatic carbocycles. The summed E-state index contributed by atoms with van der Waals surface area (Å²) in [5, 5.41) is 0. The molecule has 0 heterocycles. The third-order valence-electron chi connectivity index (χ3n) is 2.67. The Balaban J connectivity index is 2.50. The van der Waals surface area contributed by atoms with E-state index >= 15 is 0 Å². The Morgan fingerprint density at radius 3 is 2.28 bits per heavy atom. The third kappa shape index (κ3) is 4.92. The number of benzene rings is 1. The minimum absolute atomic E-state index is 0.0308. The number of rotatable bonds is 7. The second kappa shape index (κ2) is 6.60. The second-order valence-electron chi connectivity index (χ2n) is 5.39. The molecule has 0 aliphatic rings. The molecule has 0 radical (unpaired) electrons. The lowest BCUT2D eigenvalue weighted by Crippen LogP contribution is -2.27. The van der Waals surface area contributed by atoms with Gasteiger partial charge in [0.05, 0.1) is 13.2 Å². The summed E-state index contributed by atoms with van der Waals surface area (Å²) in [7, 11) is 0. The first-order chi connectivity index (χ1) is 8.44. The normalized spacial score (nSPS) is 11.3. The van der Waals surface area contributed by atoms with Gasteiger partial charge in [-0.1, -0.05) is 38.1 Å². The van der Waals surface area contributed by atoms with Crippen molar-refractivity contribution >= 4 is 5.57 Å². The summed E-state index contributed by atoms with van der Waals surface area (Å²) >= 11 is 0. The van der Waals surface area contributed by atoms with Crippen molar-refractivity contribution < 1.29 is 9.47 Å². The number of hydrogen-bond acceptors (Lipinski definition) is 2. The topological polar surface area (TPSA) is 18.5 Å². The summed E-state index contributed by atoms with van der Waals surface area (Å²) in [4.78, 5) is 0. The maximum atomic E-state index is 5.79. The largest absolute Gasteiger partial charge is 0.493 e. The van der Waals surface area contributed by atoms with Crippen LogP contribution >= 0.6 is 0 Å². The number of allylic oxidation sites excluding steroid dienone is 1. The monoisotopic (exact) mass is 248 g/mol. The molecular weight excluding hydrogens is 224 g/mol. The molecule has 2 heteroatoms. The molecule has 0 N–H and O–H groups in total. The summed E-state index contributed by atoms with van der Waals surface area (Å²) in [6, 6.07) is 8.04. The molecule has 0 amide bonds. The molecule has 18 heavy (non-hydrogen) atoms. The van der Waals surface area contributed by atoms with Crippen LogP contribution in [0.2, 0.25) is 0 Å². The lowest BCUT2D eigenvalue weighted by atomic mass is 9.96. The minimum atomic E-state index is 0.0308. The van der Waals surface area contributed by atoms with Gasteiger partial charge in [0.1, 0.15) is 5.75 Å². The summed E-state index contributed by atoms with van der Waals surface area (Å²) in [6.07, 6.45) is 0. The zero-order valence-electron chi connectivity index (χ0n) is 12.0. The average molecular weight is 248 g/mol. The standard InChI is InChI=1S/C16H24O2/c1-6-17-11-16(4,5)12-18-15-9-7-14(8-10-15)13(2)3/h7-10H,2,6,11-12H2,1,3-5H3. The zero-order chi connectivity index (χ0) is 13.6. The van der Waals surface area contributed by atoms with Gasteiger partial charge in [-0.2, -0.15) is 0 Å². The van der Waals surface area contributed by atoms with Crippen LogP contribution in [0.5, 0.6) is 5.75 Å². The van der Waals surface area contributed by atoms with Crippen LogP contribution in [0, 0.1) is 5.41 Å². The zero-order valence-corrected chi connectivity index (χ0v) is 12.0. The van der Waals surface area contributed by atoms with E-state index in [1.165, 1.54) is 0 Å². The van der Waals surface area contributed by atoms with E-state index in [-0.39, 0.29) is 5.41 Å². The Morgan fingerprint density at radius 2 is 1.78 bits per heavy atom. The first kappa shape index (κ1) is 14.8. The van der Waals surface area contributed by atoms with Gasteiger partial charge in [-0.05, 0) is 31.5 Å². The molecule has 100 valence electrons. The fourth-order valence-electron chi connectivity index (χ4n) is 1.53. The molecule has 1 aromatic rings. The summed E-state index contributed by atoms with van der Waals surface area (Å²) in [6.45, 7) is 14.3. The molecule has 2 nitrogen and oxygen atoms in total. The fraction of sp³-hybridized carbons (Fsp3) is 0.500. The van der Waals surface area contributed by atoms with E-state index in [2.05, 4.69) is 20.4 Å². The van der Waals surface area contributed by atoms with Gasteiger partial charge in [0.15, 0.2) is 0 Å². The van der Waals surface area contributed by atoms with Crippen LogP contribution in [0.1, 0.15) is 33.3 Å². The second-order valence-corrected chi connectivity index (χ2v) is 5.39. The Bertz CT molecular complexity index is 377. The van der Waals surface area contributed by atoms with E-state index < -0.39 is 0 Å². The van der Waals surface area contributed by atoms with Crippen LogP contribution in [-0.2, 0) is 4.74 Å². The van der Waals surface area contributed by atoms with Gasteiger partial charge < -0.3 is 9.47 Å². The van der Waals surface area contributed by atoms with Crippen molar-refractivity contribution in [2.45, 2.75) is 27.7 Å². The summed E-state index contributed by atoms with van der Waals surface area (Å²) in [5.74, 6) is 0.893. The highest BCUT2D eigenvalue weighted by Crippen LogP contribution is 2.21. The van der Waals surface area contributed by atoms with Crippen molar-refractivity contribution in [3.63, 3.8) is 0 Å². The molecule has 1 rings (SSSR count). The maximum absolute atomic E-state index is 5.79.